The number of esters is 1. The van der Waals surface area contributed by atoms with E-state index < -0.39 is 47.9 Å². The van der Waals surface area contributed by atoms with E-state index in [0.29, 0.717) is 0 Å². The van der Waals surface area contributed by atoms with Crippen molar-refractivity contribution in [2.24, 2.45) is 0 Å². The van der Waals surface area contributed by atoms with Crippen LogP contribution in [0.3, 0.4) is 0 Å². The minimum atomic E-state index is -3.62. The standard InChI is InChI=1S/C22H34ClN2O8PS/c1-13(2)32-20(29)14(3)24-34(30,35-16-7-5-6-8-16)31-12-17-19(28)22(4,23)21(33-17)25-10-9-15(26)11-18(25)27/h9-10,13-14,16-17,19,21,28H,5-8,11-12H2,1-4H3,(H,24,30)/t14?,17-,19-,21-,22-,34?/m1/s1. The Balaban J connectivity index is 1.71. The first-order chi connectivity index (χ1) is 16.3. The summed E-state index contributed by atoms with van der Waals surface area (Å²) < 4.78 is 30.7. The van der Waals surface area contributed by atoms with Crippen molar-refractivity contribution in [3.8, 4) is 0 Å². The molecule has 2 unspecified atom stereocenters. The van der Waals surface area contributed by atoms with E-state index in [-0.39, 0.29) is 30.2 Å². The molecule has 198 valence electrons. The smallest absolute Gasteiger partial charge is 0.327 e. The van der Waals surface area contributed by atoms with Gasteiger partial charge in [-0.2, -0.15) is 0 Å². The number of amides is 1. The topological polar surface area (TPSA) is 131 Å². The normalized spacial score (nSPS) is 32.3. The van der Waals surface area contributed by atoms with Gasteiger partial charge in [0, 0.05) is 11.4 Å². The molecule has 2 fully saturated rings. The molecule has 1 amide bonds. The van der Waals surface area contributed by atoms with Crippen molar-refractivity contribution in [2.45, 2.75) is 101 Å². The lowest BCUT2D eigenvalue weighted by molar-refractivity contribution is -0.149. The van der Waals surface area contributed by atoms with Gasteiger partial charge in [0.2, 0.25) is 5.91 Å². The molecule has 2 N–H and O–H groups in total. The van der Waals surface area contributed by atoms with Gasteiger partial charge in [-0.15, -0.1) is 11.6 Å². The van der Waals surface area contributed by atoms with Crippen LogP contribution in [0.5, 0.6) is 0 Å². The molecule has 1 saturated carbocycles. The third-order valence-electron chi connectivity index (χ3n) is 6.06. The monoisotopic (exact) mass is 552 g/mol. The molecule has 1 aliphatic carbocycles. The summed E-state index contributed by atoms with van der Waals surface area (Å²) in [6.45, 7) is 2.62. The summed E-state index contributed by atoms with van der Waals surface area (Å²) in [5, 5.41) is 13.8. The van der Waals surface area contributed by atoms with Crippen molar-refractivity contribution in [2.75, 3.05) is 6.61 Å². The van der Waals surface area contributed by atoms with Gasteiger partial charge in [-0.3, -0.25) is 23.8 Å². The fourth-order valence-corrected chi connectivity index (χ4v) is 9.37. The second kappa shape index (κ2) is 11.6. The average molecular weight is 553 g/mol. The highest BCUT2D eigenvalue weighted by Gasteiger charge is 2.56. The number of alkyl halides is 1. The minimum Gasteiger partial charge on any atom is -0.462 e. The zero-order valence-electron chi connectivity index (χ0n) is 20.3. The quantitative estimate of drug-likeness (QED) is 0.180. The number of halogens is 1. The number of aliphatic hydroxyl groups excluding tert-OH is 1. The third kappa shape index (κ3) is 7.09. The van der Waals surface area contributed by atoms with Gasteiger partial charge in [-0.25, -0.2) is 5.09 Å². The van der Waals surface area contributed by atoms with Crippen LogP contribution in [0, 0.1) is 0 Å². The molecule has 0 spiro atoms. The van der Waals surface area contributed by atoms with Gasteiger partial charge >= 0.3 is 12.7 Å². The van der Waals surface area contributed by atoms with E-state index in [2.05, 4.69) is 5.09 Å². The SMILES string of the molecule is CC(C)OC(=O)C(C)NP(=O)(OC[C@H]1O[C@@H](N2C=CC(=O)CC2=O)[C@](C)(Cl)[C@@H]1O)SC1CCCC1. The molecule has 2 heterocycles. The predicted molar refractivity (Wildman–Crippen MR) is 132 cm³/mol. The number of carbonyl (C=O) groups is 3. The second-order valence-electron chi connectivity index (χ2n) is 9.52. The first kappa shape index (κ1) is 28.6. The van der Waals surface area contributed by atoms with Crippen LogP contribution in [0.4, 0.5) is 0 Å². The number of allylic oxidation sites excluding steroid dienone is 1. The van der Waals surface area contributed by atoms with Gasteiger partial charge < -0.3 is 19.1 Å². The van der Waals surface area contributed by atoms with E-state index in [0.717, 1.165) is 37.1 Å². The molecule has 13 heteroatoms. The number of ketones is 1. The molecular weight excluding hydrogens is 519 g/mol. The maximum Gasteiger partial charge on any atom is 0.327 e. The average Bonchev–Trinajstić information content (AvgIpc) is 3.33. The summed E-state index contributed by atoms with van der Waals surface area (Å²) in [4.78, 5) is 36.0. The second-order valence-corrected chi connectivity index (χ2v) is 14.8. The molecule has 6 atom stereocenters. The van der Waals surface area contributed by atoms with Gasteiger partial charge in [0.05, 0.1) is 19.1 Å². The van der Waals surface area contributed by atoms with Gasteiger partial charge in [-0.1, -0.05) is 24.2 Å². The van der Waals surface area contributed by atoms with E-state index >= 15 is 0 Å². The van der Waals surface area contributed by atoms with Gasteiger partial charge in [0.1, 0.15) is 23.1 Å². The Morgan fingerprint density at radius 1 is 1.37 bits per heavy atom. The van der Waals surface area contributed by atoms with Crippen molar-refractivity contribution in [3.05, 3.63) is 12.3 Å². The first-order valence-electron chi connectivity index (χ1n) is 11.8. The number of rotatable bonds is 10. The molecule has 1 saturated heterocycles. The fourth-order valence-electron chi connectivity index (χ4n) is 4.19. The van der Waals surface area contributed by atoms with Crippen molar-refractivity contribution in [3.63, 3.8) is 0 Å². The minimum absolute atomic E-state index is 0.107. The van der Waals surface area contributed by atoms with Crippen molar-refractivity contribution >= 4 is 47.4 Å². The Labute approximate surface area is 214 Å². The van der Waals surface area contributed by atoms with E-state index in [9.17, 15) is 24.1 Å². The maximum absolute atomic E-state index is 13.8. The summed E-state index contributed by atoms with van der Waals surface area (Å²) in [6.07, 6.45) is 2.41. The molecule has 0 bridgehead atoms. The van der Waals surface area contributed by atoms with Crippen molar-refractivity contribution in [1.82, 2.24) is 9.99 Å². The number of carbonyl (C=O) groups excluding carboxylic acids is 3. The zero-order valence-corrected chi connectivity index (χ0v) is 22.8. The van der Waals surface area contributed by atoms with Crippen molar-refractivity contribution < 1.29 is 38.1 Å². The Kier molecular flexibility index (Phi) is 9.51. The molecule has 10 nitrogen and oxygen atoms in total. The first-order valence-corrected chi connectivity index (χ1v) is 15.3. The van der Waals surface area contributed by atoms with Crippen LogP contribution in [0.15, 0.2) is 12.3 Å². The van der Waals surface area contributed by atoms with Crippen LogP contribution < -0.4 is 5.09 Å². The predicted octanol–water partition coefficient (Wildman–Crippen LogP) is 3.12. The van der Waals surface area contributed by atoms with Crippen LogP contribution in [0.25, 0.3) is 0 Å². The maximum atomic E-state index is 13.8. The lowest BCUT2D eigenvalue weighted by atomic mass is 9.99. The summed E-state index contributed by atoms with van der Waals surface area (Å²) in [6, 6.07) is -0.883. The highest BCUT2D eigenvalue weighted by atomic mass is 35.5. The number of aliphatic hydroxyl groups is 1. The van der Waals surface area contributed by atoms with E-state index in [1.807, 2.05) is 0 Å². The molecule has 0 aromatic rings. The van der Waals surface area contributed by atoms with E-state index in [4.69, 9.17) is 25.6 Å². The third-order valence-corrected chi connectivity index (χ3v) is 11.1. The lowest BCUT2D eigenvalue weighted by Gasteiger charge is -2.34. The fraction of sp³-hybridized carbons (Fsp3) is 0.773. The highest BCUT2D eigenvalue weighted by molar-refractivity contribution is 8.56. The Hall–Kier alpha value is -0.940. The van der Waals surface area contributed by atoms with Crippen molar-refractivity contribution in [1.29, 1.82) is 0 Å². The van der Waals surface area contributed by atoms with Gasteiger partial charge in [0.25, 0.3) is 0 Å². The van der Waals surface area contributed by atoms with E-state index in [1.54, 1.807) is 20.8 Å². The number of ether oxygens (including phenoxy) is 2. The largest absolute Gasteiger partial charge is 0.462 e. The van der Waals surface area contributed by atoms with Crippen LogP contribution in [-0.2, 0) is 32.9 Å². The number of nitrogens with one attached hydrogen (secondary N) is 1. The van der Waals surface area contributed by atoms with E-state index in [1.165, 1.54) is 24.1 Å². The summed E-state index contributed by atoms with van der Waals surface area (Å²) >= 11 is 7.75. The Bertz CT molecular complexity index is 895. The molecule has 0 aromatic carbocycles. The van der Waals surface area contributed by atoms with Crippen LogP contribution in [0.1, 0.15) is 59.8 Å². The van der Waals surface area contributed by atoms with Gasteiger partial charge in [0.15, 0.2) is 12.0 Å². The molecule has 3 rings (SSSR count). The highest BCUT2D eigenvalue weighted by Crippen LogP contribution is 2.61. The summed E-state index contributed by atoms with van der Waals surface area (Å²) in [7, 11) is 0. The molecule has 3 aliphatic rings. The Morgan fingerprint density at radius 3 is 2.63 bits per heavy atom. The number of hydrogen-bond acceptors (Lipinski definition) is 9. The molecule has 35 heavy (non-hydrogen) atoms. The summed E-state index contributed by atoms with van der Waals surface area (Å²) in [5.74, 6) is -1.38. The Morgan fingerprint density at radius 2 is 2.03 bits per heavy atom. The van der Waals surface area contributed by atoms with Gasteiger partial charge in [-0.05, 0) is 46.6 Å². The van der Waals surface area contributed by atoms with Crippen LogP contribution in [0.2, 0.25) is 0 Å². The van der Waals surface area contributed by atoms with Crippen LogP contribution in [-0.4, -0.2) is 75.0 Å². The number of hydrogen-bond donors (Lipinski definition) is 2. The van der Waals surface area contributed by atoms with Crippen LogP contribution >= 0.6 is 29.7 Å². The zero-order chi connectivity index (χ0) is 26.0. The lowest BCUT2D eigenvalue weighted by Crippen LogP contribution is -2.50. The summed E-state index contributed by atoms with van der Waals surface area (Å²) in [5.41, 5.74) is 0. The molecule has 2 aliphatic heterocycles. The molecule has 0 radical (unpaired) electrons. The molecule has 0 aromatic heterocycles. The number of nitrogens with zero attached hydrogens (tertiary/aromatic N) is 1. The molecular formula is C22H34ClN2O8PS.